The van der Waals surface area contributed by atoms with Crippen molar-refractivity contribution in [3.8, 4) is 5.75 Å². The number of aryl methyl sites for hydroxylation is 1. The normalized spacial score (nSPS) is 9.83. The molecule has 7 heteroatoms. The molecular weight excluding hydrogens is 362 g/mol. The zero-order valence-electron chi connectivity index (χ0n) is 12.4. The molecule has 6 nitrogen and oxygen atoms in total. The molecule has 0 radical (unpaired) electrons. The lowest BCUT2D eigenvalue weighted by molar-refractivity contribution is -0.123. The lowest BCUT2D eigenvalue weighted by Gasteiger charge is -2.10. The molecule has 0 aliphatic rings. The summed E-state index contributed by atoms with van der Waals surface area (Å²) in [7, 11) is 0. The van der Waals surface area contributed by atoms with Crippen LogP contribution >= 0.6 is 15.9 Å². The van der Waals surface area contributed by atoms with Gasteiger partial charge in [-0.1, -0.05) is 34.1 Å². The van der Waals surface area contributed by atoms with E-state index in [1.807, 2.05) is 25.1 Å². The second-order valence-corrected chi connectivity index (χ2v) is 5.55. The Balaban J connectivity index is 1.72. The number of anilines is 1. The first-order chi connectivity index (χ1) is 11.0. The van der Waals surface area contributed by atoms with Crippen molar-refractivity contribution in [2.45, 2.75) is 6.92 Å². The number of urea groups is 1. The third-order valence-electron chi connectivity index (χ3n) is 2.85. The molecule has 2 aromatic rings. The van der Waals surface area contributed by atoms with Gasteiger partial charge in [0.1, 0.15) is 5.75 Å². The number of halogens is 1. The first kappa shape index (κ1) is 16.8. The van der Waals surface area contributed by atoms with E-state index in [1.54, 1.807) is 30.3 Å². The quantitative estimate of drug-likeness (QED) is 0.716. The number of carbonyl (C=O) groups is 2. The molecule has 0 spiro atoms. The van der Waals surface area contributed by atoms with Gasteiger partial charge < -0.3 is 10.1 Å². The van der Waals surface area contributed by atoms with Crippen LogP contribution in [0.5, 0.6) is 5.75 Å². The number of amides is 3. The molecule has 0 aromatic heterocycles. The summed E-state index contributed by atoms with van der Waals surface area (Å²) in [6.07, 6.45) is 0. The largest absolute Gasteiger partial charge is 0.484 e. The van der Waals surface area contributed by atoms with Gasteiger partial charge in [0, 0.05) is 10.2 Å². The van der Waals surface area contributed by atoms with Crippen LogP contribution in [0, 0.1) is 6.92 Å². The van der Waals surface area contributed by atoms with E-state index in [0.29, 0.717) is 11.4 Å². The Morgan fingerprint density at radius 1 is 1.09 bits per heavy atom. The smallest absolute Gasteiger partial charge is 0.337 e. The fourth-order valence-corrected chi connectivity index (χ4v) is 1.95. The maximum absolute atomic E-state index is 11.6. The minimum Gasteiger partial charge on any atom is -0.484 e. The van der Waals surface area contributed by atoms with Gasteiger partial charge in [0.15, 0.2) is 6.61 Å². The van der Waals surface area contributed by atoms with Gasteiger partial charge in [-0.3, -0.25) is 10.2 Å². The number of hydrazine groups is 1. The topological polar surface area (TPSA) is 79.5 Å². The number of para-hydroxylation sites is 1. The van der Waals surface area contributed by atoms with Gasteiger partial charge in [0.25, 0.3) is 5.91 Å². The highest BCUT2D eigenvalue weighted by Crippen LogP contribution is 2.21. The van der Waals surface area contributed by atoms with Crippen molar-refractivity contribution in [2.24, 2.45) is 0 Å². The first-order valence-electron chi connectivity index (χ1n) is 6.84. The Bertz CT molecular complexity index is 692. The molecule has 2 rings (SSSR count). The summed E-state index contributed by atoms with van der Waals surface area (Å²) in [5.41, 5.74) is 6.14. The monoisotopic (exact) mass is 377 g/mol. The van der Waals surface area contributed by atoms with E-state index in [0.717, 1.165) is 10.0 Å². The summed E-state index contributed by atoms with van der Waals surface area (Å²) in [5.74, 6) is 0.114. The third kappa shape index (κ3) is 5.63. The molecule has 0 aliphatic carbocycles. The summed E-state index contributed by atoms with van der Waals surface area (Å²) < 4.78 is 6.32. The summed E-state index contributed by atoms with van der Waals surface area (Å²) in [4.78, 5) is 23.2. The molecule has 2 aromatic carbocycles. The lowest BCUT2D eigenvalue weighted by Crippen LogP contribution is -2.45. The Labute approximate surface area is 142 Å². The van der Waals surface area contributed by atoms with Crippen LogP contribution in [0.15, 0.2) is 53.0 Å². The number of nitrogens with one attached hydrogen (secondary N) is 3. The van der Waals surface area contributed by atoms with E-state index in [1.165, 1.54) is 0 Å². The Morgan fingerprint density at radius 3 is 2.52 bits per heavy atom. The summed E-state index contributed by atoms with van der Waals surface area (Å²) in [5, 5.41) is 2.57. The molecule has 0 fully saturated rings. The Hall–Kier alpha value is -2.54. The molecule has 0 saturated heterocycles. The van der Waals surface area contributed by atoms with Crippen molar-refractivity contribution in [1.82, 2.24) is 10.9 Å². The fraction of sp³-hybridized carbons (Fsp3) is 0.125. The van der Waals surface area contributed by atoms with Crippen LogP contribution in [-0.4, -0.2) is 18.5 Å². The SMILES string of the molecule is Cc1cc(OCC(=O)NNC(=O)Nc2ccccc2)ccc1Br. The van der Waals surface area contributed by atoms with E-state index in [9.17, 15) is 9.59 Å². The Morgan fingerprint density at radius 2 is 1.83 bits per heavy atom. The van der Waals surface area contributed by atoms with Gasteiger partial charge in [0.2, 0.25) is 0 Å². The molecule has 0 atom stereocenters. The van der Waals surface area contributed by atoms with E-state index in [-0.39, 0.29) is 6.61 Å². The van der Waals surface area contributed by atoms with Gasteiger partial charge in [0.05, 0.1) is 0 Å². The molecule has 120 valence electrons. The second kappa shape index (κ2) is 8.19. The van der Waals surface area contributed by atoms with Crippen molar-refractivity contribution in [1.29, 1.82) is 0 Å². The number of rotatable bonds is 4. The average Bonchev–Trinajstić information content (AvgIpc) is 2.55. The zero-order valence-corrected chi connectivity index (χ0v) is 14.0. The molecule has 3 N–H and O–H groups in total. The van der Waals surface area contributed by atoms with E-state index in [4.69, 9.17) is 4.74 Å². The maximum Gasteiger partial charge on any atom is 0.337 e. The van der Waals surface area contributed by atoms with E-state index in [2.05, 4.69) is 32.1 Å². The highest BCUT2D eigenvalue weighted by molar-refractivity contribution is 9.10. The van der Waals surface area contributed by atoms with Gasteiger partial charge in [-0.2, -0.15) is 0 Å². The van der Waals surface area contributed by atoms with Crippen LogP contribution in [0.1, 0.15) is 5.56 Å². The highest BCUT2D eigenvalue weighted by Gasteiger charge is 2.06. The molecule has 0 bridgehead atoms. The molecule has 0 aliphatic heterocycles. The minimum atomic E-state index is -0.538. The lowest BCUT2D eigenvalue weighted by atomic mass is 10.2. The predicted molar refractivity (Wildman–Crippen MR) is 91.1 cm³/mol. The predicted octanol–water partition coefficient (Wildman–Crippen LogP) is 2.99. The maximum atomic E-state index is 11.6. The number of hydrogen-bond acceptors (Lipinski definition) is 3. The van der Waals surface area contributed by atoms with Crippen molar-refractivity contribution in [3.05, 3.63) is 58.6 Å². The summed E-state index contributed by atoms with van der Waals surface area (Å²) in [6, 6.07) is 13.8. The van der Waals surface area contributed by atoms with Crippen molar-refractivity contribution in [2.75, 3.05) is 11.9 Å². The minimum absolute atomic E-state index is 0.202. The van der Waals surface area contributed by atoms with Crippen molar-refractivity contribution >= 4 is 33.6 Å². The molecular formula is C16H16BrN3O3. The zero-order chi connectivity index (χ0) is 16.7. The number of benzene rings is 2. The third-order valence-corrected chi connectivity index (χ3v) is 3.74. The van der Waals surface area contributed by atoms with Crippen LogP contribution < -0.4 is 20.9 Å². The summed E-state index contributed by atoms with van der Waals surface area (Å²) >= 11 is 3.39. The van der Waals surface area contributed by atoms with Gasteiger partial charge in [-0.05, 0) is 42.8 Å². The first-order valence-corrected chi connectivity index (χ1v) is 7.64. The van der Waals surface area contributed by atoms with Crippen LogP contribution in [0.25, 0.3) is 0 Å². The van der Waals surface area contributed by atoms with E-state index >= 15 is 0 Å². The van der Waals surface area contributed by atoms with Crippen molar-refractivity contribution in [3.63, 3.8) is 0 Å². The number of ether oxygens (including phenoxy) is 1. The molecule has 3 amide bonds. The molecule has 0 saturated carbocycles. The van der Waals surface area contributed by atoms with Crippen LogP contribution in [0.2, 0.25) is 0 Å². The molecule has 0 unspecified atom stereocenters. The summed E-state index contributed by atoms with van der Waals surface area (Å²) in [6.45, 7) is 1.72. The van der Waals surface area contributed by atoms with Gasteiger partial charge in [-0.25, -0.2) is 10.2 Å². The number of carbonyl (C=O) groups excluding carboxylic acids is 2. The second-order valence-electron chi connectivity index (χ2n) is 4.69. The van der Waals surface area contributed by atoms with E-state index < -0.39 is 11.9 Å². The number of hydrogen-bond donors (Lipinski definition) is 3. The van der Waals surface area contributed by atoms with Crippen LogP contribution in [0.3, 0.4) is 0 Å². The van der Waals surface area contributed by atoms with Gasteiger partial charge >= 0.3 is 6.03 Å². The standard InChI is InChI=1S/C16H16BrN3O3/c1-11-9-13(7-8-14(11)17)23-10-15(21)19-20-16(22)18-12-5-3-2-4-6-12/h2-9H,10H2,1H3,(H,19,21)(H2,18,20,22). The van der Waals surface area contributed by atoms with Crippen LogP contribution in [-0.2, 0) is 4.79 Å². The molecule has 0 heterocycles. The van der Waals surface area contributed by atoms with Crippen LogP contribution in [0.4, 0.5) is 10.5 Å². The van der Waals surface area contributed by atoms with Gasteiger partial charge in [-0.15, -0.1) is 0 Å². The Kier molecular flexibility index (Phi) is 5.99. The highest BCUT2D eigenvalue weighted by atomic mass is 79.9. The van der Waals surface area contributed by atoms with Crippen molar-refractivity contribution < 1.29 is 14.3 Å². The molecule has 23 heavy (non-hydrogen) atoms. The fourth-order valence-electron chi connectivity index (χ4n) is 1.70. The average molecular weight is 378 g/mol.